The molecule has 0 unspecified atom stereocenters. The summed E-state index contributed by atoms with van der Waals surface area (Å²) in [5, 5.41) is 7.26. The lowest BCUT2D eigenvalue weighted by Gasteiger charge is -2.19. The van der Waals surface area contributed by atoms with E-state index < -0.39 is 0 Å². The molecule has 0 aromatic carbocycles. The van der Waals surface area contributed by atoms with Gasteiger partial charge in [-0.1, -0.05) is 0 Å². The summed E-state index contributed by atoms with van der Waals surface area (Å²) in [4.78, 5) is 0. The summed E-state index contributed by atoms with van der Waals surface area (Å²) in [5.41, 5.74) is 3.88. The number of H-pyrrole nitrogens is 1. The third-order valence-corrected chi connectivity index (χ3v) is 2.90. The first-order valence-electron chi connectivity index (χ1n) is 3.71. The van der Waals surface area contributed by atoms with Gasteiger partial charge in [0.2, 0.25) is 0 Å². The molecule has 2 heterocycles. The van der Waals surface area contributed by atoms with Gasteiger partial charge in [-0.15, -0.1) is 0 Å². The number of rotatable bonds is 0. The van der Waals surface area contributed by atoms with E-state index in [4.69, 9.17) is 0 Å². The van der Waals surface area contributed by atoms with E-state index in [-0.39, 0.29) is 0 Å². The van der Waals surface area contributed by atoms with Crippen molar-refractivity contribution in [2.75, 3.05) is 6.54 Å². The number of aryl methyl sites for hydroxylation is 1. The first-order chi connectivity index (χ1) is 5.27. The van der Waals surface area contributed by atoms with Crippen molar-refractivity contribution in [2.24, 2.45) is 0 Å². The standard InChI is InChI=1S/C7H10IN3/c1-5-6-4-11(8)3-2-7(6)10-9-5/h2-4H2,1H3,(H,9,10). The molecule has 1 aromatic rings. The number of halogens is 1. The average Bonchev–Trinajstić information content (AvgIpc) is 2.33. The van der Waals surface area contributed by atoms with Crippen LogP contribution >= 0.6 is 22.9 Å². The second-order valence-corrected chi connectivity index (χ2v) is 4.23. The molecule has 1 aromatic heterocycles. The molecule has 0 fully saturated rings. The van der Waals surface area contributed by atoms with Gasteiger partial charge in [-0.3, -0.25) is 5.10 Å². The van der Waals surface area contributed by atoms with Gasteiger partial charge in [-0.25, -0.2) is 3.11 Å². The molecule has 2 rings (SSSR count). The van der Waals surface area contributed by atoms with E-state index in [0.29, 0.717) is 0 Å². The summed E-state index contributed by atoms with van der Waals surface area (Å²) < 4.78 is 2.29. The van der Waals surface area contributed by atoms with Crippen LogP contribution in [0.25, 0.3) is 0 Å². The molecule has 60 valence electrons. The van der Waals surface area contributed by atoms with Crippen molar-refractivity contribution in [1.29, 1.82) is 0 Å². The van der Waals surface area contributed by atoms with Gasteiger partial charge in [-0.2, -0.15) is 5.10 Å². The van der Waals surface area contributed by atoms with E-state index in [2.05, 4.69) is 43.1 Å². The lowest BCUT2D eigenvalue weighted by atomic mass is 10.1. The van der Waals surface area contributed by atoms with E-state index in [9.17, 15) is 0 Å². The minimum atomic E-state index is 1.04. The Balaban J connectivity index is 2.37. The predicted octanol–water partition coefficient (Wildman–Crippen LogP) is 1.43. The largest absolute Gasteiger partial charge is 0.282 e. The molecule has 0 aliphatic carbocycles. The molecule has 1 aliphatic heterocycles. The molecule has 11 heavy (non-hydrogen) atoms. The van der Waals surface area contributed by atoms with Gasteiger partial charge in [0.1, 0.15) is 0 Å². The van der Waals surface area contributed by atoms with Crippen molar-refractivity contribution in [3.05, 3.63) is 17.0 Å². The third kappa shape index (κ3) is 1.29. The van der Waals surface area contributed by atoms with Crippen LogP contribution in [-0.4, -0.2) is 19.9 Å². The monoisotopic (exact) mass is 263 g/mol. The Morgan fingerprint density at radius 1 is 1.64 bits per heavy atom. The number of hydrogen-bond acceptors (Lipinski definition) is 2. The molecule has 4 heteroatoms. The second-order valence-electron chi connectivity index (χ2n) is 2.87. The molecule has 0 radical (unpaired) electrons. The van der Waals surface area contributed by atoms with E-state index in [0.717, 1.165) is 19.5 Å². The lowest BCUT2D eigenvalue weighted by molar-refractivity contribution is 0.477. The summed E-state index contributed by atoms with van der Waals surface area (Å²) >= 11 is 2.36. The van der Waals surface area contributed by atoms with Crippen molar-refractivity contribution >= 4 is 22.9 Å². The van der Waals surface area contributed by atoms with E-state index in [1.54, 1.807) is 0 Å². The number of fused-ring (bicyclic) bond motifs is 1. The number of hydrogen-bond donors (Lipinski definition) is 1. The Hall–Kier alpha value is -0.100. The number of aromatic amines is 1. The van der Waals surface area contributed by atoms with Crippen molar-refractivity contribution in [3.63, 3.8) is 0 Å². The van der Waals surface area contributed by atoms with Crippen molar-refractivity contribution in [2.45, 2.75) is 19.9 Å². The van der Waals surface area contributed by atoms with Crippen LogP contribution in [0, 0.1) is 6.92 Å². The van der Waals surface area contributed by atoms with Crippen molar-refractivity contribution < 1.29 is 0 Å². The van der Waals surface area contributed by atoms with Crippen LogP contribution in [0.3, 0.4) is 0 Å². The quantitative estimate of drug-likeness (QED) is 0.567. The molecule has 3 nitrogen and oxygen atoms in total. The van der Waals surface area contributed by atoms with E-state index in [1.807, 2.05) is 0 Å². The highest BCUT2D eigenvalue weighted by atomic mass is 127. The Bertz CT molecular complexity index is 269. The highest BCUT2D eigenvalue weighted by Gasteiger charge is 2.18. The Morgan fingerprint density at radius 2 is 2.45 bits per heavy atom. The molecule has 0 spiro atoms. The summed E-state index contributed by atoms with van der Waals surface area (Å²) in [5.74, 6) is 0. The van der Waals surface area contributed by atoms with E-state index in [1.165, 1.54) is 17.0 Å². The predicted molar refractivity (Wildman–Crippen MR) is 51.5 cm³/mol. The van der Waals surface area contributed by atoms with Gasteiger partial charge in [0, 0.05) is 53.6 Å². The fraction of sp³-hybridized carbons (Fsp3) is 0.571. The van der Waals surface area contributed by atoms with Crippen LogP contribution < -0.4 is 0 Å². The van der Waals surface area contributed by atoms with E-state index >= 15 is 0 Å². The zero-order valence-electron chi connectivity index (χ0n) is 6.39. The summed E-state index contributed by atoms with van der Waals surface area (Å²) in [7, 11) is 0. The summed E-state index contributed by atoms with van der Waals surface area (Å²) in [6.45, 7) is 4.25. The fourth-order valence-corrected chi connectivity index (χ4v) is 1.98. The Labute approximate surface area is 79.7 Å². The maximum absolute atomic E-state index is 4.24. The Morgan fingerprint density at radius 3 is 3.27 bits per heavy atom. The number of nitrogens with zero attached hydrogens (tertiary/aromatic N) is 2. The fourth-order valence-electron chi connectivity index (χ4n) is 1.40. The highest BCUT2D eigenvalue weighted by molar-refractivity contribution is 14.1. The second kappa shape index (κ2) is 2.75. The normalized spacial score (nSPS) is 18.4. The van der Waals surface area contributed by atoms with Crippen LogP contribution in [0.15, 0.2) is 0 Å². The Kier molecular flexibility index (Phi) is 1.88. The molecule has 1 N–H and O–H groups in total. The minimum Gasteiger partial charge on any atom is -0.282 e. The van der Waals surface area contributed by atoms with Gasteiger partial charge in [0.15, 0.2) is 0 Å². The SMILES string of the molecule is Cc1[nH]nc2c1CN(I)CC2. The van der Waals surface area contributed by atoms with Crippen LogP contribution in [0.5, 0.6) is 0 Å². The molecule has 0 saturated heterocycles. The zero-order valence-corrected chi connectivity index (χ0v) is 8.55. The molecule has 1 aliphatic rings. The topological polar surface area (TPSA) is 31.9 Å². The van der Waals surface area contributed by atoms with Crippen LogP contribution in [0.4, 0.5) is 0 Å². The molecular weight excluding hydrogens is 253 g/mol. The molecule has 0 amide bonds. The van der Waals surface area contributed by atoms with Gasteiger partial charge >= 0.3 is 0 Å². The van der Waals surface area contributed by atoms with Gasteiger partial charge in [0.25, 0.3) is 0 Å². The summed E-state index contributed by atoms with van der Waals surface area (Å²) in [6, 6.07) is 0. The maximum atomic E-state index is 4.24. The van der Waals surface area contributed by atoms with Gasteiger partial charge in [0.05, 0.1) is 5.69 Å². The van der Waals surface area contributed by atoms with Gasteiger partial charge in [-0.05, 0) is 6.92 Å². The maximum Gasteiger partial charge on any atom is 0.0683 e. The van der Waals surface area contributed by atoms with Crippen molar-refractivity contribution in [1.82, 2.24) is 13.3 Å². The first kappa shape index (κ1) is 7.54. The van der Waals surface area contributed by atoms with Gasteiger partial charge < -0.3 is 0 Å². The number of aromatic nitrogens is 2. The molecule has 0 saturated carbocycles. The van der Waals surface area contributed by atoms with Crippen LogP contribution in [0.1, 0.15) is 17.0 Å². The molecule has 0 bridgehead atoms. The minimum absolute atomic E-state index is 1.04. The van der Waals surface area contributed by atoms with Crippen molar-refractivity contribution in [3.8, 4) is 0 Å². The zero-order chi connectivity index (χ0) is 7.84. The van der Waals surface area contributed by atoms with Crippen LogP contribution in [0.2, 0.25) is 0 Å². The lowest BCUT2D eigenvalue weighted by Crippen LogP contribution is -2.21. The molecular formula is C7H10IN3. The highest BCUT2D eigenvalue weighted by Crippen LogP contribution is 2.21. The smallest absolute Gasteiger partial charge is 0.0683 e. The number of nitrogens with one attached hydrogen (secondary N) is 1. The third-order valence-electron chi connectivity index (χ3n) is 2.08. The van der Waals surface area contributed by atoms with Crippen LogP contribution in [-0.2, 0) is 13.0 Å². The first-order valence-corrected chi connectivity index (χ1v) is 4.67. The summed E-state index contributed by atoms with van der Waals surface area (Å²) in [6.07, 6.45) is 1.09. The molecule has 0 atom stereocenters. The average molecular weight is 263 g/mol.